The van der Waals surface area contributed by atoms with E-state index in [1.807, 2.05) is 18.2 Å². The van der Waals surface area contributed by atoms with Crippen LogP contribution in [0.4, 0.5) is 0 Å². The van der Waals surface area contributed by atoms with Crippen molar-refractivity contribution in [3.8, 4) is 11.5 Å². The minimum Gasteiger partial charge on any atom is -0.486 e. The first-order valence-corrected chi connectivity index (χ1v) is 9.63. The molecule has 2 heterocycles. The Morgan fingerprint density at radius 2 is 1.70 bits per heavy atom. The summed E-state index contributed by atoms with van der Waals surface area (Å²) < 4.78 is 21.5. The lowest BCUT2D eigenvalue weighted by molar-refractivity contribution is -0.142. The summed E-state index contributed by atoms with van der Waals surface area (Å²) in [5, 5.41) is 0.845. The van der Waals surface area contributed by atoms with E-state index in [4.69, 9.17) is 18.6 Å². The number of ether oxygens (including phenoxy) is 3. The minimum atomic E-state index is -0.622. The van der Waals surface area contributed by atoms with Crippen molar-refractivity contribution >= 4 is 28.5 Å². The van der Waals surface area contributed by atoms with E-state index in [0.717, 1.165) is 5.39 Å². The summed E-state index contributed by atoms with van der Waals surface area (Å²) in [6.07, 6.45) is -0.157. The highest BCUT2D eigenvalue weighted by molar-refractivity contribution is 6.02. The molecule has 1 aliphatic rings. The van der Waals surface area contributed by atoms with Gasteiger partial charge in [-0.3, -0.25) is 14.4 Å². The molecule has 4 rings (SSSR count). The molecule has 0 atom stereocenters. The highest BCUT2D eigenvalue weighted by Crippen LogP contribution is 2.31. The van der Waals surface area contributed by atoms with Gasteiger partial charge < -0.3 is 18.6 Å². The van der Waals surface area contributed by atoms with Crippen molar-refractivity contribution in [2.24, 2.45) is 0 Å². The molecule has 0 saturated heterocycles. The van der Waals surface area contributed by atoms with Crippen LogP contribution < -0.4 is 9.47 Å². The first-order chi connectivity index (χ1) is 14.5. The van der Waals surface area contributed by atoms with E-state index < -0.39 is 18.4 Å². The lowest BCUT2D eigenvalue weighted by Gasteiger charge is -2.18. The minimum absolute atomic E-state index is 0.0314. The molecule has 0 N–H and O–H groups in total. The molecular weight excluding hydrogens is 388 g/mol. The molecular formula is C23H20O7. The van der Waals surface area contributed by atoms with E-state index in [-0.39, 0.29) is 24.4 Å². The molecule has 0 unspecified atom stereocenters. The van der Waals surface area contributed by atoms with Crippen LogP contribution in [0, 0.1) is 6.92 Å². The molecule has 0 spiro atoms. The fourth-order valence-electron chi connectivity index (χ4n) is 3.30. The Balaban J connectivity index is 1.30. The number of esters is 1. The van der Waals surface area contributed by atoms with Crippen LogP contribution in [0.15, 0.2) is 46.9 Å². The lowest BCUT2D eigenvalue weighted by atomic mass is 10.1. The summed E-state index contributed by atoms with van der Waals surface area (Å²) in [6.45, 7) is 2.25. The predicted molar refractivity (Wildman–Crippen MR) is 107 cm³/mol. The third kappa shape index (κ3) is 4.05. The van der Waals surface area contributed by atoms with Gasteiger partial charge >= 0.3 is 5.97 Å². The molecule has 3 aromatic rings. The number of hydrogen-bond acceptors (Lipinski definition) is 7. The number of ketones is 2. The Morgan fingerprint density at radius 1 is 0.933 bits per heavy atom. The number of aryl methyl sites for hydroxylation is 1. The third-order valence-corrected chi connectivity index (χ3v) is 4.88. The molecule has 0 saturated carbocycles. The van der Waals surface area contributed by atoms with Gasteiger partial charge in [0, 0.05) is 22.9 Å². The summed E-state index contributed by atoms with van der Waals surface area (Å²) in [5.74, 6) is 0.0241. The molecule has 30 heavy (non-hydrogen) atoms. The molecule has 0 fully saturated rings. The number of rotatable bonds is 7. The summed E-state index contributed by atoms with van der Waals surface area (Å²) in [6, 6.07) is 12.2. The number of benzene rings is 2. The average Bonchev–Trinajstić information content (AvgIpc) is 3.12. The van der Waals surface area contributed by atoms with E-state index in [0.29, 0.717) is 41.4 Å². The van der Waals surface area contributed by atoms with Crippen LogP contribution in [0.5, 0.6) is 11.5 Å². The first kappa shape index (κ1) is 19.7. The summed E-state index contributed by atoms with van der Waals surface area (Å²) in [7, 11) is 0. The smallest absolute Gasteiger partial charge is 0.306 e. The molecule has 1 aliphatic heterocycles. The van der Waals surface area contributed by atoms with E-state index in [1.165, 1.54) is 0 Å². The second-order valence-electron chi connectivity index (χ2n) is 6.92. The van der Waals surface area contributed by atoms with Gasteiger partial charge in [0.15, 0.2) is 29.6 Å². The van der Waals surface area contributed by atoms with Gasteiger partial charge in [0.25, 0.3) is 0 Å². The van der Waals surface area contributed by atoms with Crippen LogP contribution >= 0.6 is 0 Å². The number of fused-ring (bicyclic) bond motifs is 2. The Labute approximate surface area is 172 Å². The number of carbonyl (C=O) groups is 3. The molecule has 1 aromatic heterocycles. The number of para-hydroxylation sites is 1. The number of Topliss-reactive ketones (excluding diaryl/α,β-unsaturated/α-hetero) is 2. The van der Waals surface area contributed by atoms with Crippen molar-refractivity contribution in [3.05, 3.63) is 59.4 Å². The zero-order chi connectivity index (χ0) is 21.1. The van der Waals surface area contributed by atoms with E-state index in [1.54, 1.807) is 31.2 Å². The topological polar surface area (TPSA) is 92.0 Å². The molecule has 154 valence electrons. The molecule has 0 bridgehead atoms. The molecule has 7 heteroatoms. The van der Waals surface area contributed by atoms with Gasteiger partial charge in [0.05, 0.1) is 6.42 Å². The van der Waals surface area contributed by atoms with Crippen LogP contribution in [0.2, 0.25) is 0 Å². The fraction of sp³-hybridized carbons (Fsp3) is 0.261. The zero-order valence-corrected chi connectivity index (χ0v) is 16.4. The van der Waals surface area contributed by atoms with E-state index in [9.17, 15) is 14.4 Å². The SMILES string of the molecule is Cc1c(C(=O)COC(=O)CCC(=O)c2ccc3c(c2)OCCO3)oc2ccccc12. The summed E-state index contributed by atoms with van der Waals surface area (Å²) in [5.41, 5.74) is 1.75. The van der Waals surface area contributed by atoms with Crippen LogP contribution in [0.1, 0.15) is 39.3 Å². The molecule has 2 aromatic carbocycles. The van der Waals surface area contributed by atoms with Gasteiger partial charge in [-0.2, -0.15) is 0 Å². The maximum Gasteiger partial charge on any atom is 0.306 e. The third-order valence-electron chi connectivity index (χ3n) is 4.88. The second-order valence-corrected chi connectivity index (χ2v) is 6.92. The van der Waals surface area contributed by atoms with Crippen molar-refractivity contribution in [1.29, 1.82) is 0 Å². The van der Waals surface area contributed by atoms with Gasteiger partial charge in [-0.15, -0.1) is 0 Å². The van der Waals surface area contributed by atoms with Gasteiger partial charge in [-0.1, -0.05) is 18.2 Å². The van der Waals surface area contributed by atoms with Gasteiger partial charge in [0.2, 0.25) is 5.78 Å². The standard InChI is InChI=1S/C23H20O7/c1-14-16-4-2-3-5-19(16)30-23(14)18(25)13-29-22(26)9-7-17(24)15-6-8-20-21(12-15)28-11-10-27-20/h2-6,8,12H,7,9-11,13H2,1H3. The largest absolute Gasteiger partial charge is 0.486 e. The Morgan fingerprint density at radius 3 is 2.50 bits per heavy atom. The quantitative estimate of drug-likeness (QED) is 0.432. The maximum atomic E-state index is 12.4. The first-order valence-electron chi connectivity index (χ1n) is 9.63. The Hall–Kier alpha value is -3.61. The number of carbonyl (C=O) groups excluding carboxylic acids is 3. The normalized spacial score (nSPS) is 12.6. The van der Waals surface area contributed by atoms with Crippen molar-refractivity contribution < 1.29 is 33.0 Å². The maximum absolute atomic E-state index is 12.4. The predicted octanol–water partition coefficient (Wildman–Crippen LogP) is 3.90. The van der Waals surface area contributed by atoms with E-state index in [2.05, 4.69) is 0 Å². The lowest BCUT2D eigenvalue weighted by Crippen LogP contribution is -2.16. The van der Waals surface area contributed by atoms with Crippen molar-refractivity contribution in [3.63, 3.8) is 0 Å². The highest BCUT2D eigenvalue weighted by atomic mass is 16.6. The molecule has 0 radical (unpaired) electrons. The zero-order valence-electron chi connectivity index (χ0n) is 16.4. The van der Waals surface area contributed by atoms with Crippen molar-refractivity contribution in [2.75, 3.05) is 19.8 Å². The van der Waals surface area contributed by atoms with Crippen LogP contribution in [-0.4, -0.2) is 37.4 Å². The van der Waals surface area contributed by atoms with Crippen LogP contribution in [-0.2, 0) is 9.53 Å². The monoisotopic (exact) mass is 408 g/mol. The van der Waals surface area contributed by atoms with Gasteiger partial charge in [0.1, 0.15) is 18.8 Å². The molecule has 7 nitrogen and oxygen atoms in total. The van der Waals surface area contributed by atoms with Gasteiger partial charge in [-0.25, -0.2) is 0 Å². The van der Waals surface area contributed by atoms with Gasteiger partial charge in [-0.05, 0) is 31.2 Å². The van der Waals surface area contributed by atoms with E-state index >= 15 is 0 Å². The Bertz CT molecular complexity index is 1130. The Kier molecular flexibility index (Phi) is 5.52. The number of hydrogen-bond donors (Lipinski definition) is 0. The molecule has 0 aliphatic carbocycles. The summed E-state index contributed by atoms with van der Waals surface area (Å²) in [4.78, 5) is 36.7. The molecule has 0 amide bonds. The second kappa shape index (κ2) is 8.41. The van der Waals surface area contributed by atoms with Crippen LogP contribution in [0.3, 0.4) is 0 Å². The van der Waals surface area contributed by atoms with Crippen LogP contribution in [0.25, 0.3) is 11.0 Å². The number of furan rings is 1. The average molecular weight is 408 g/mol. The van der Waals surface area contributed by atoms with Crippen molar-refractivity contribution in [1.82, 2.24) is 0 Å². The fourth-order valence-corrected chi connectivity index (χ4v) is 3.30. The summed E-state index contributed by atoms with van der Waals surface area (Å²) >= 11 is 0. The highest BCUT2D eigenvalue weighted by Gasteiger charge is 2.20. The van der Waals surface area contributed by atoms with Crippen molar-refractivity contribution in [2.45, 2.75) is 19.8 Å².